The number of nitrogens with zero attached hydrogens (tertiary/aromatic N) is 6. The van der Waals surface area contributed by atoms with E-state index in [4.69, 9.17) is 10.2 Å². The monoisotopic (exact) mass is 850 g/mol. The molecule has 0 spiro atoms. The van der Waals surface area contributed by atoms with Crippen LogP contribution in [0.2, 0.25) is 0 Å². The Morgan fingerprint density at radius 2 is 0.817 bits per heavy atom. The lowest BCUT2D eigenvalue weighted by Gasteiger charge is -2.36. The summed E-state index contributed by atoms with van der Waals surface area (Å²) < 4.78 is 0. The molecule has 2 saturated heterocycles. The number of β-amino-alcohol motifs (C(OH)–C–C–N with tert-alkyl or cyclic N) is 2. The van der Waals surface area contributed by atoms with Gasteiger partial charge in [-0.3, -0.25) is 19.4 Å². The fourth-order valence-electron chi connectivity index (χ4n) is 8.56. The first-order chi connectivity index (χ1) is 29.4. The van der Waals surface area contributed by atoms with Gasteiger partial charge in [-0.25, -0.2) is 0 Å². The standard InChI is InChI=1S/2C24H31N3O2S/c2*1-2-22(29)19-8-9-24-21(18-19)27(20-6-3-4-7-23(20)30-24)11-5-10-25-12-14-26(15-13-25)16-17-28/h2*3-4,6-9,18,28H,2,5,10-17H2,1H3. The Morgan fingerprint density at radius 1 is 0.467 bits per heavy atom. The highest BCUT2D eigenvalue weighted by atomic mass is 32.2. The molecule has 0 aliphatic carbocycles. The summed E-state index contributed by atoms with van der Waals surface area (Å²) in [6, 6.07) is 29.4. The van der Waals surface area contributed by atoms with Crippen molar-refractivity contribution in [3.8, 4) is 0 Å². The summed E-state index contributed by atoms with van der Waals surface area (Å²) in [6.45, 7) is 18.3. The van der Waals surface area contributed by atoms with E-state index >= 15 is 0 Å². The molecule has 12 heteroatoms. The number of Topliss-reactive ketones (excluding diaryl/α,β-unsaturated/α-hetero) is 2. The number of ketones is 2. The maximum Gasteiger partial charge on any atom is 0.162 e. The zero-order valence-electron chi connectivity index (χ0n) is 35.4. The summed E-state index contributed by atoms with van der Waals surface area (Å²) in [4.78, 5) is 44.1. The molecule has 320 valence electrons. The molecular formula is C48H62N6O4S2. The minimum Gasteiger partial charge on any atom is -0.395 e. The lowest BCUT2D eigenvalue weighted by Crippen LogP contribution is -2.47. The molecule has 0 atom stereocenters. The van der Waals surface area contributed by atoms with E-state index < -0.39 is 0 Å². The largest absolute Gasteiger partial charge is 0.395 e. The van der Waals surface area contributed by atoms with Crippen LogP contribution in [0.3, 0.4) is 0 Å². The molecule has 2 fully saturated rings. The van der Waals surface area contributed by atoms with Gasteiger partial charge in [-0.1, -0.05) is 73.8 Å². The number of fused-ring (bicyclic) bond motifs is 4. The molecule has 4 aliphatic rings. The van der Waals surface area contributed by atoms with Crippen LogP contribution in [0.5, 0.6) is 0 Å². The fraction of sp³-hybridized carbons (Fsp3) is 0.458. The van der Waals surface area contributed by atoms with Gasteiger partial charge in [0, 0.05) is 122 Å². The minimum atomic E-state index is 0.197. The van der Waals surface area contributed by atoms with Gasteiger partial charge in [0.05, 0.1) is 36.0 Å². The molecule has 0 saturated carbocycles. The number of hydrogen-bond acceptors (Lipinski definition) is 12. The summed E-state index contributed by atoms with van der Waals surface area (Å²) in [7, 11) is 0. The summed E-state index contributed by atoms with van der Waals surface area (Å²) in [5.74, 6) is 0.393. The Hall–Kier alpha value is -3.72. The number of aliphatic hydroxyl groups excluding tert-OH is 2. The highest BCUT2D eigenvalue weighted by Crippen LogP contribution is 2.49. The highest BCUT2D eigenvalue weighted by Gasteiger charge is 2.27. The van der Waals surface area contributed by atoms with E-state index in [0.29, 0.717) is 12.8 Å². The van der Waals surface area contributed by atoms with Crippen LogP contribution in [-0.2, 0) is 0 Å². The van der Waals surface area contributed by atoms with Gasteiger partial charge in [-0.15, -0.1) is 0 Å². The average molecular weight is 851 g/mol. The van der Waals surface area contributed by atoms with Crippen molar-refractivity contribution in [2.24, 2.45) is 0 Å². The van der Waals surface area contributed by atoms with Crippen LogP contribution >= 0.6 is 23.5 Å². The van der Waals surface area contributed by atoms with Crippen LogP contribution < -0.4 is 9.80 Å². The number of para-hydroxylation sites is 2. The van der Waals surface area contributed by atoms with Crippen molar-refractivity contribution in [2.75, 3.05) is 115 Å². The van der Waals surface area contributed by atoms with Crippen molar-refractivity contribution in [3.05, 3.63) is 96.1 Å². The van der Waals surface area contributed by atoms with Crippen LogP contribution in [0.1, 0.15) is 60.2 Å². The predicted molar refractivity (Wildman–Crippen MR) is 246 cm³/mol. The Balaban J connectivity index is 0.000000181. The van der Waals surface area contributed by atoms with E-state index in [1.807, 2.05) is 26.0 Å². The zero-order valence-corrected chi connectivity index (χ0v) is 37.1. The Bertz CT molecular complexity index is 1910. The molecule has 0 aromatic heterocycles. The number of anilines is 4. The van der Waals surface area contributed by atoms with Gasteiger partial charge in [0.1, 0.15) is 0 Å². The second kappa shape index (κ2) is 21.9. The maximum absolute atomic E-state index is 12.3. The number of piperazine rings is 2. The van der Waals surface area contributed by atoms with Gasteiger partial charge in [0.15, 0.2) is 11.6 Å². The smallest absolute Gasteiger partial charge is 0.162 e. The fourth-order valence-corrected chi connectivity index (χ4v) is 10.7. The summed E-state index contributed by atoms with van der Waals surface area (Å²) in [5, 5.41) is 18.2. The van der Waals surface area contributed by atoms with Crippen molar-refractivity contribution in [1.29, 1.82) is 0 Å². The molecule has 4 heterocycles. The number of benzene rings is 4. The molecular weight excluding hydrogens is 789 g/mol. The lowest BCUT2D eigenvalue weighted by atomic mass is 10.1. The van der Waals surface area contributed by atoms with Crippen LogP contribution in [-0.4, -0.2) is 146 Å². The normalized spacial score (nSPS) is 16.9. The Morgan fingerprint density at radius 3 is 1.18 bits per heavy atom. The third-order valence-electron chi connectivity index (χ3n) is 12.0. The van der Waals surface area contributed by atoms with Crippen molar-refractivity contribution >= 4 is 57.8 Å². The van der Waals surface area contributed by atoms with E-state index in [2.05, 4.69) is 102 Å². The number of carbonyl (C=O) groups is 2. The topological polar surface area (TPSA) is 94.0 Å². The molecule has 2 N–H and O–H groups in total. The zero-order chi connectivity index (χ0) is 41.8. The van der Waals surface area contributed by atoms with E-state index in [9.17, 15) is 9.59 Å². The van der Waals surface area contributed by atoms with E-state index in [1.165, 1.54) is 31.0 Å². The van der Waals surface area contributed by atoms with Gasteiger partial charge in [0.2, 0.25) is 0 Å². The second-order valence-electron chi connectivity index (χ2n) is 15.9. The Kier molecular flexibility index (Phi) is 16.2. The Labute approximate surface area is 365 Å². The predicted octanol–water partition coefficient (Wildman–Crippen LogP) is 7.76. The van der Waals surface area contributed by atoms with Crippen molar-refractivity contribution < 1.29 is 19.8 Å². The van der Waals surface area contributed by atoms with Crippen LogP contribution in [0.25, 0.3) is 0 Å². The molecule has 4 aliphatic heterocycles. The molecule has 10 nitrogen and oxygen atoms in total. The van der Waals surface area contributed by atoms with Crippen molar-refractivity contribution in [1.82, 2.24) is 19.6 Å². The highest BCUT2D eigenvalue weighted by molar-refractivity contribution is 8.00. The van der Waals surface area contributed by atoms with E-state index in [0.717, 1.165) is 127 Å². The molecule has 0 radical (unpaired) electrons. The number of aliphatic hydroxyl groups is 2. The van der Waals surface area contributed by atoms with Gasteiger partial charge in [-0.05, 0) is 74.5 Å². The number of carbonyl (C=O) groups excluding carboxylic acids is 2. The molecule has 60 heavy (non-hydrogen) atoms. The quantitative estimate of drug-likeness (QED) is 0.108. The molecule has 0 unspecified atom stereocenters. The maximum atomic E-state index is 12.3. The summed E-state index contributed by atoms with van der Waals surface area (Å²) in [5.41, 5.74) is 6.41. The molecule has 4 aromatic carbocycles. The lowest BCUT2D eigenvalue weighted by molar-refractivity contribution is 0.0980. The number of rotatable bonds is 16. The average Bonchev–Trinajstić information content (AvgIpc) is 3.29. The van der Waals surface area contributed by atoms with Gasteiger partial charge < -0.3 is 29.8 Å². The van der Waals surface area contributed by atoms with Gasteiger partial charge >= 0.3 is 0 Å². The minimum absolute atomic E-state index is 0.197. The van der Waals surface area contributed by atoms with Gasteiger partial charge in [-0.2, -0.15) is 0 Å². The van der Waals surface area contributed by atoms with Crippen LogP contribution in [0.15, 0.2) is 105 Å². The third-order valence-corrected chi connectivity index (χ3v) is 14.3. The first-order valence-corrected chi connectivity index (χ1v) is 23.6. The first kappa shape index (κ1) is 44.3. The molecule has 8 rings (SSSR count). The second-order valence-corrected chi connectivity index (χ2v) is 18.0. The molecule has 4 aromatic rings. The van der Waals surface area contributed by atoms with Crippen molar-refractivity contribution in [3.63, 3.8) is 0 Å². The summed E-state index contributed by atoms with van der Waals surface area (Å²) in [6.07, 6.45) is 3.21. The van der Waals surface area contributed by atoms with E-state index in [1.54, 1.807) is 23.5 Å². The third kappa shape index (κ3) is 11.0. The van der Waals surface area contributed by atoms with Crippen molar-refractivity contribution in [2.45, 2.75) is 59.1 Å². The first-order valence-electron chi connectivity index (χ1n) is 21.9. The van der Waals surface area contributed by atoms with Crippen LogP contribution in [0, 0.1) is 0 Å². The summed E-state index contributed by atoms with van der Waals surface area (Å²) >= 11 is 3.58. The number of hydrogen-bond donors (Lipinski definition) is 2. The van der Waals surface area contributed by atoms with Gasteiger partial charge in [0.25, 0.3) is 0 Å². The SMILES string of the molecule is CCC(=O)c1ccc2c(c1)N(CCCN1CCN(CCO)CC1)c1ccccc1S2.CCC(=O)c1ccc2c(c1)N(CCCN1CCN(CCO)CC1)c1ccccc1S2. The van der Waals surface area contributed by atoms with Crippen LogP contribution in [0.4, 0.5) is 22.7 Å². The molecule has 0 bridgehead atoms. The molecule has 0 amide bonds. The van der Waals surface area contributed by atoms with E-state index in [-0.39, 0.29) is 24.8 Å².